The van der Waals surface area contributed by atoms with E-state index in [4.69, 9.17) is 5.73 Å². The van der Waals surface area contributed by atoms with Crippen molar-refractivity contribution in [2.24, 2.45) is 0 Å². The van der Waals surface area contributed by atoms with Gasteiger partial charge in [-0.05, 0) is 12.8 Å². The predicted octanol–water partition coefficient (Wildman–Crippen LogP) is -0.923. The molecule has 7 heteroatoms. The first kappa shape index (κ1) is 8.79. The van der Waals surface area contributed by atoms with Gasteiger partial charge in [0.15, 0.2) is 0 Å². The molecule has 14 heavy (non-hydrogen) atoms. The molecule has 0 aliphatic carbocycles. The van der Waals surface area contributed by atoms with E-state index in [1.54, 1.807) is 0 Å². The van der Waals surface area contributed by atoms with Crippen molar-refractivity contribution in [3.8, 4) is 0 Å². The van der Waals surface area contributed by atoms with Gasteiger partial charge in [0.05, 0.1) is 0 Å². The van der Waals surface area contributed by atoms with Crippen molar-refractivity contribution in [1.82, 2.24) is 20.5 Å². The molecular formula is C7H12N6O. The van der Waals surface area contributed by atoms with Gasteiger partial charge in [0.2, 0.25) is 17.8 Å². The van der Waals surface area contributed by atoms with Crippen LogP contribution in [0.5, 0.6) is 0 Å². The van der Waals surface area contributed by atoms with E-state index in [0.29, 0.717) is 5.95 Å². The number of carbonyl (C=O) groups excluding carboxylic acids is 1. The first-order valence-electron chi connectivity index (χ1n) is 4.48. The monoisotopic (exact) mass is 196 g/mol. The molecule has 1 aliphatic heterocycles. The smallest absolute Gasteiger partial charge is 0.244 e. The maximum Gasteiger partial charge on any atom is 0.244 e. The Morgan fingerprint density at radius 2 is 2.43 bits per heavy atom. The molecule has 0 spiro atoms. The number of nitrogens with zero attached hydrogens (tertiary/aromatic N) is 2. The van der Waals surface area contributed by atoms with Gasteiger partial charge in [0.1, 0.15) is 6.04 Å². The molecular weight excluding hydrogens is 184 g/mol. The summed E-state index contributed by atoms with van der Waals surface area (Å²) in [6.07, 6.45) is 1.75. The number of nitrogens with two attached hydrogens (primary N) is 1. The summed E-state index contributed by atoms with van der Waals surface area (Å²) in [5.41, 5.74) is 5.35. The topological polar surface area (TPSA) is 109 Å². The maximum atomic E-state index is 11.3. The van der Waals surface area contributed by atoms with Crippen LogP contribution in [0.2, 0.25) is 0 Å². The van der Waals surface area contributed by atoms with Gasteiger partial charge < -0.3 is 16.4 Å². The van der Waals surface area contributed by atoms with Gasteiger partial charge in [0.25, 0.3) is 0 Å². The van der Waals surface area contributed by atoms with Crippen LogP contribution in [0.1, 0.15) is 12.8 Å². The van der Waals surface area contributed by atoms with Crippen LogP contribution < -0.4 is 16.4 Å². The third-order valence-electron chi connectivity index (χ3n) is 2.09. The number of carbonyl (C=O) groups is 1. The number of aromatic nitrogens is 3. The lowest BCUT2D eigenvalue weighted by Crippen LogP contribution is -2.44. The summed E-state index contributed by atoms with van der Waals surface area (Å²) in [5, 5.41) is 12.0. The molecule has 1 aliphatic rings. The van der Waals surface area contributed by atoms with Gasteiger partial charge in [-0.3, -0.25) is 4.79 Å². The highest BCUT2D eigenvalue weighted by atomic mass is 16.2. The third-order valence-corrected chi connectivity index (χ3v) is 2.09. The number of aromatic amines is 1. The minimum atomic E-state index is -0.251. The second-order valence-corrected chi connectivity index (χ2v) is 3.17. The molecule has 2 rings (SSSR count). The molecule has 1 aromatic rings. The van der Waals surface area contributed by atoms with Crippen molar-refractivity contribution in [1.29, 1.82) is 0 Å². The van der Waals surface area contributed by atoms with E-state index < -0.39 is 0 Å². The summed E-state index contributed by atoms with van der Waals surface area (Å²) in [5.74, 6) is 0.591. The van der Waals surface area contributed by atoms with E-state index in [1.165, 1.54) is 0 Å². The Bertz CT molecular complexity index is 335. The number of hydrogen-bond donors (Lipinski definition) is 4. The lowest BCUT2D eigenvalue weighted by atomic mass is 10.1. The van der Waals surface area contributed by atoms with Gasteiger partial charge in [-0.1, -0.05) is 0 Å². The lowest BCUT2D eigenvalue weighted by Gasteiger charge is -2.21. The maximum absolute atomic E-state index is 11.3. The molecule has 0 saturated carbocycles. The minimum Gasteiger partial charge on any atom is -0.368 e. The van der Waals surface area contributed by atoms with E-state index in [9.17, 15) is 4.79 Å². The first-order chi connectivity index (χ1) is 6.75. The molecule has 0 radical (unpaired) electrons. The van der Waals surface area contributed by atoms with E-state index in [2.05, 4.69) is 25.8 Å². The standard InChI is InChI=1S/C7H12N6O/c8-6-11-7(13-12-6)10-4-2-1-3-9-5(4)14/h4H,1-3H2,(H,9,14)(H4,8,10,11,12,13). The highest BCUT2D eigenvalue weighted by Crippen LogP contribution is 2.09. The number of amides is 1. The Balaban J connectivity index is 1.99. The third kappa shape index (κ3) is 1.76. The van der Waals surface area contributed by atoms with E-state index in [1.807, 2.05) is 0 Å². The average molecular weight is 196 g/mol. The Morgan fingerprint density at radius 1 is 1.57 bits per heavy atom. The summed E-state index contributed by atoms with van der Waals surface area (Å²) < 4.78 is 0. The molecule has 1 aromatic heterocycles. The van der Waals surface area contributed by atoms with Crippen LogP contribution in [0, 0.1) is 0 Å². The second-order valence-electron chi connectivity index (χ2n) is 3.17. The molecule has 76 valence electrons. The molecule has 2 heterocycles. The highest BCUT2D eigenvalue weighted by molar-refractivity contribution is 5.84. The van der Waals surface area contributed by atoms with Crippen molar-refractivity contribution in [2.75, 3.05) is 17.6 Å². The first-order valence-corrected chi connectivity index (χ1v) is 4.48. The molecule has 1 saturated heterocycles. The predicted molar refractivity (Wildman–Crippen MR) is 50.4 cm³/mol. The molecule has 1 amide bonds. The van der Waals surface area contributed by atoms with Gasteiger partial charge in [-0.15, -0.1) is 5.10 Å². The summed E-state index contributed by atoms with van der Waals surface area (Å²) >= 11 is 0. The molecule has 1 unspecified atom stereocenters. The molecule has 7 nitrogen and oxygen atoms in total. The van der Waals surface area contributed by atoms with Crippen LogP contribution in [-0.2, 0) is 4.79 Å². The second kappa shape index (κ2) is 3.52. The van der Waals surface area contributed by atoms with Gasteiger partial charge in [0, 0.05) is 6.54 Å². The van der Waals surface area contributed by atoms with Crippen LogP contribution in [0.15, 0.2) is 0 Å². The highest BCUT2D eigenvalue weighted by Gasteiger charge is 2.22. The number of nitrogen functional groups attached to an aromatic ring is 1. The lowest BCUT2D eigenvalue weighted by molar-refractivity contribution is -0.123. The number of rotatable bonds is 2. The SMILES string of the molecule is Nc1nc(NC2CCCNC2=O)n[nH]1. The number of piperidine rings is 1. The fourth-order valence-corrected chi connectivity index (χ4v) is 1.40. The van der Waals surface area contributed by atoms with Crippen LogP contribution in [0.4, 0.5) is 11.9 Å². The van der Waals surface area contributed by atoms with Crippen LogP contribution in [-0.4, -0.2) is 33.7 Å². The Morgan fingerprint density at radius 3 is 3.07 bits per heavy atom. The van der Waals surface area contributed by atoms with Crippen molar-refractivity contribution in [3.63, 3.8) is 0 Å². The van der Waals surface area contributed by atoms with E-state index in [0.717, 1.165) is 19.4 Å². The van der Waals surface area contributed by atoms with Crippen molar-refractivity contribution < 1.29 is 4.79 Å². The minimum absolute atomic E-state index is 0.0142. The van der Waals surface area contributed by atoms with Crippen molar-refractivity contribution in [3.05, 3.63) is 0 Å². The van der Waals surface area contributed by atoms with Gasteiger partial charge in [-0.25, -0.2) is 5.10 Å². The Labute approximate surface area is 80.5 Å². The summed E-state index contributed by atoms with van der Waals surface area (Å²) in [6.45, 7) is 0.743. The van der Waals surface area contributed by atoms with E-state index in [-0.39, 0.29) is 17.9 Å². The fraction of sp³-hybridized carbons (Fsp3) is 0.571. The summed E-state index contributed by atoms with van der Waals surface area (Å²) in [7, 11) is 0. The van der Waals surface area contributed by atoms with Crippen molar-refractivity contribution >= 4 is 17.8 Å². The average Bonchev–Trinajstić information content (AvgIpc) is 2.56. The van der Waals surface area contributed by atoms with E-state index >= 15 is 0 Å². The molecule has 0 bridgehead atoms. The summed E-state index contributed by atoms with van der Waals surface area (Å²) in [6, 6.07) is -0.251. The molecule has 5 N–H and O–H groups in total. The van der Waals surface area contributed by atoms with Crippen LogP contribution >= 0.6 is 0 Å². The van der Waals surface area contributed by atoms with Crippen LogP contribution in [0.25, 0.3) is 0 Å². The number of hydrogen-bond acceptors (Lipinski definition) is 5. The number of H-pyrrole nitrogens is 1. The Hall–Kier alpha value is -1.79. The zero-order chi connectivity index (χ0) is 9.97. The normalized spacial score (nSPS) is 21.7. The zero-order valence-corrected chi connectivity index (χ0v) is 7.58. The summed E-state index contributed by atoms with van der Waals surface area (Å²) in [4.78, 5) is 15.2. The van der Waals surface area contributed by atoms with Gasteiger partial charge >= 0.3 is 0 Å². The molecule has 1 fully saturated rings. The number of anilines is 2. The van der Waals surface area contributed by atoms with Gasteiger partial charge in [-0.2, -0.15) is 4.98 Å². The van der Waals surface area contributed by atoms with Crippen molar-refractivity contribution in [2.45, 2.75) is 18.9 Å². The molecule has 0 aromatic carbocycles. The largest absolute Gasteiger partial charge is 0.368 e. The number of nitrogens with one attached hydrogen (secondary N) is 3. The van der Waals surface area contributed by atoms with Crippen LogP contribution in [0.3, 0.4) is 0 Å². The fourth-order valence-electron chi connectivity index (χ4n) is 1.40. The Kier molecular flexibility index (Phi) is 2.21. The zero-order valence-electron chi connectivity index (χ0n) is 7.58. The molecule has 1 atom stereocenters. The quantitative estimate of drug-likeness (QED) is 0.489.